The Morgan fingerprint density at radius 1 is 0.971 bits per heavy atom. The molecule has 2 fully saturated rings. The number of rotatable bonds is 5. The molecule has 2 aliphatic rings. The maximum atomic E-state index is 14.0. The van der Waals surface area contributed by atoms with Gasteiger partial charge in [-0.2, -0.15) is 15.4 Å². The second-order valence-corrected chi connectivity index (χ2v) is 9.84. The maximum absolute atomic E-state index is 14.0. The summed E-state index contributed by atoms with van der Waals surface area (Å²) in [6, 6.07) is 10.3. The van der Waals surface area contributed by atoms with E-state index in [1.165, 1.54) is 18.2 Å². The van der Waals surface area contributed by atoms with Crippen LogP contribution in [0.4, 0.5) is 4.39 Å². The molecular weight excluding hydrogens is 515 g/mol. The lowest BCUT2D eigenvalue weighted by atomic mass is 10.0. The van der Waals surface area contributed by atoms with Gasteiger partial charge in [-0.25, -0.2) is 4.39 Å². The third-order valence-electron chi connectivity index (χ3n) is 6.81. The fourth-order valence-electron chi connectivity index (χ4n) is 4.80. The Hall–Kier alpha value is -3.11. The molecule has 2 aromatic carbocycles. The average molecular weight is 541 g/mol. The molecule has 0 atom stereocenters. The number of likely N-dealkylation sites (tertiary alicyclic amines) is 1. The van der Waals surface area contributed by atoms with Gasteiger partial charge in [0.2, 0.25) is 0 Å². The van der Waals surface area contributed by atoms with Crippen molar-refractivity contribution in [2.75, 3.05) is 39.3 Å². The zero-order valence-electron chi connectivity index (χ0n) is 19.2. The Labute approximate surface area is 210 Å². The van der Waals surface area contributed by atoms with Crippen LogP contribution < -0.4 is 0 Å². The number of fused-ring (bicyclic) bond motifs is 1. The van der Waals surface area contributed by atoms with Crippen molar-refractivity contribution in [1.29, 1.82) is 0 Å². The number of carbonyl (C=O) groups excluding carboxylic acids is 2. The summed E-state index contributed by atoms with van der Waals surface area (Å²) >= 11 is 3.21. The van der Waals surface area contributed by atoms with Gasteiger partial charge in [0.1, 0.15) is 16.9 Å². The number of nitrogens with zero attached hydrogens (tertiary/aromatic N) is 5. The molecule has 35 heavy (non-hydrogen) atoms. The highest BCUT2D eigenvalue weighted by molar-refractivity contribution is 9.10. The normalized spacial score (nSPS) is 18.0. The predicted molar refractivity (Wildman–Crippen MR) is 134 cm³/mol. The van der Waals surface area contributed by atoms with Gasteiger partial charge < -0.3 is 9.80 Å². The highest BCUT2D eigenvalue weighted by atomic mass is 79.9. The van der Waals surface area contributed by atoms with E-state index < -0.39 is 5.82 Å². The molecule has 2 aliphatic heterocycles. The van der Waals surface area contributed by atoms with Crippen molar-refractivity contribution in [3.63, 3.8) is 0 Å². The van der Waals surface area contributed by atoms with E-state index in [9.17, 15) is 14.0 Å². The van der Waals surface area contributed by atoms with Crippen molar-refractivity contribution in [2.45, 2.75) is 18.9 Å². The first-order valence-electron chi connectivity index (χ1n) is 11.7. The smallest absolute Gasteiger partial charge is 0.254 e. The number of allylic oxidation sites excluding steroid dienone is 1. The van der Waals surface area contributed by atoms with Crippen LogP contribution in [0.2, 0.25) is 0 Å². The van der Waals surface area contributed by atoms with Gasteiger partial charge in [-0.05, 0) is 49.2 Å². The van der Waals surface area contributed by atoms with Gasteiger partial charge in [-0.3, -0.25) is 14.5 Å². The molecule has 0 bridgehead atoms. The van der Waals surface area contributed by atoms with Crippen molar-refractivity contribution in [1.82, 2.24) is 30.1 Å². The number of hydrogen-bond donors (Lipinski definition) is 1. The number of halogens is 2. The summed E-state index contributed by atoms with van der Waals surface area (Å²) < 4.78 is 14.6. The molecule has 8 nitrogen and oxygen atoms in total. The van der Waals surface area contributed by atoms with Crippen LogP contribution in [0.3, 0.4) is 0 Å². The molecule has 0 unspecified atom stereocenters. The number of piperazine rings is 1. The number of ketones is 1. The van der Waals surface area contributed by atoms with Gasteiger partial charge in [0.05, 0.1) is 5.56 Å². The summed E-state index contributed by atoms with van der Waals surface area (Å²) in [6.07, 6.45) is 5.21. The van der Waals surface area contributed by atoms with Gasteiger partial charge in [-0.15, -0.1) is 0 Å². The van der Waals surface area contributed by atoms with E-state index in [-0.39, 0.29) is 17.3 Å². The van der Waals surface area contributed by atoms with Crippen LogP contribution in [0, 0.1) is 5.82 Å². The molecule has 0 aliphatic carbocycles. The van der Waals surface area contributed by atoms with Crippen LogP contribution in [0.5, 0.6) is 0 Å². The molecule has 5 rings (SSSR count). The molecule has 3 heterocycles. The lowest BCUT2D eigenvalue weighted by Crippen LogP contribution is -2.54. The summed E-state index contributed by atoms with van der Waals surface area (Å²) in [6.45, 7) is 4.77. The zero-order valence-corrected chi connectivity index (χ0v) is 20.7. The van der Waals surface area contributed by atoms with Crippen LogP contribution in [0.25, 0.3) is 11.0 Å². The number of aromatic amines is 1. The molecule has 10 heteroatoms. The molecule has 0 radical (unpaired) electrons. The lowest BCUT2D eigenvalue weighted by Gasteiger charge is -2.42. The number of hydrogen-bond acceptors (Lipinski definition) is 6. The van der Waals surface area contributed by atoms with Crippen LogP contribution in [0.1, 0.15) is 33.6 Å². The fourth-order valence-corrected chi connectivity index (χ4v) is 5.13. The molecular formula is C25H26BrFN6O2. The Bertz CT molecular complexity index is 1260. The van der Waals surface area contributed by atoms with Gasteiger partial charge in [0.25, 0.3) is 5.91 Å². The first-order chi connectivity index (χ1) is 17.0. The Morgan fingerprint density at radius 2 is 1.71 bits per heavy atom. The molecule has 1 N–H and O–H groups in total. The van der Waals surface area contributed by atoms with Gasteiger partial charge in [-0.1, -0.05) is 15.9 Å². The SMILES string of the molecule is O=C(/C=C/N1CCC(N2CCN(C(=O)c3ccc4n[nH]nc4c3)CC2)CC1)c1ccc(Br)cc1F. The average Bonchev–Trinajstić information content (AvgIpc) is 3.35. The molecule has 0 spiro atoms. The molecule has 182 valence electrons. The summed E-state index contributed by atoms with van der Waals surface area (Å²) in [5.74, 6) is -0.828. The first-order valence-corrected chi connectivity index (χ1v) is 12.5. The first kappa shape index (κ1) is 23.6. The largest absolute Gasteiger partial charge is 0.377 e. The van der Waals surface area contributed by atoms with E-state index >= 15 is 0 Å². The van der Waals surface area contributed by atoms with Crippen molar-refractivity contribution in [3.8, 4) is 0 Å². The molecule has 1 amide bonds. The highest BCUT2D eigenvalue weighted by Gasteiger charge is 2.29. The number of carbonyl (C=O) groups is 2. The van der Waals surface area contributed by atoms with Gasteiger partial charge in [0, 0.05) is 67.6 Å². The minimum atomic E-state index is -0.524. The monoisotopic (exact) mass is 540 g/mol. The lowest BCUT2D eigenvalue weighted by molar-refractivity contribution is 0.0487. The molecule has 2 saturated heterocycles. The van der Waals surface area contributed by atoms with E-state index in [4.69, 9.17) is 0 Å². The van der Waals surface area contributed by atoms with Gasteiger partial charge >= 0.3 is 0 Å². The fraction of sp³-hybridized carbons (Fsp3) is 0.360. The Balaban J connectivity index is 1.09. The second kappa shape index (κ2) is 10.2. The zero-order chi connectivity index (χ0) is 24.4. The number of nitrogens with one attached hydrogen (secondary N) is 1. The van der Waals surface area contributed by atoms with Crippen LogP contribution in [-0.4, -0.2) is 87.1 Å². The summed E-state index contributed by atoms with van der Waals surface area (Å²) in [7, 11) is 0. The Morgan fingerprint density at radius 3 is 2.46 bits per heavy atom. The maximum Gasteiger partial charge on any atom is 0.254 e. The summed E-state index contributed by atoms with van der Waals surface area (Å²) in [5, 5.41) is 10.7. The van der Waals surface area contributed by atoms with Crippen LogP contribution >= 0.6 is 15.9 Å². The number of H-pyrrole nitrogens is 1. The van der Waals surface area contributed by atoms with Crippen LogP contribution in [0.15, 0.2) is 53.1 Å². The van der Waals surface area contributed by atoms with E-state index in [1.54, 1.807) is 24.4 Å². The third kappa shape index (κ3) is 5.28. The minimum absolute atomic E-state index is 0.0291. The Kier molecular flexibility index (Phi) is 6.92. The highest BCUT2D eigenvalue weighted by Crippen LogP contribution is 2.21. The number of piperidine rings is 1. The third-order valence-corrected chi connectivity index (χ3v) is 7.31. The number of aromatic nitrogens is 3. The minimum Gasteiger partial charge on any atom is -0.377 e. The second-order valence-electron chi connectivity index (χ2n) is 8.93. The quantitative estimate of drug-likeness (QED) is 0.394. The molecule has 1 aromatic heterocycles. The van der Waals surface area contributed by atoms with Crippen molar-refractivity contribution >= 4 is 38.7 Å². The molecule has 0 saturated carbocycles. The summed E-state index contributed by atoms with van der Waals surface area (Å²) in [4.78, 5) is 31.8. The van der Waals surface area contributed by atoms with E-state index in [1.807, 2.05) is 11.0 Å². The van der Waals surface area contributed by atoms with E-state index in [0.29, 0.717) is 34.7 Å². The molecule has 3 aromatic rings. The topological polar surface area (TPSA) is 85.4 Å². The van der Waals surface area contributed by atoms with Gasteiger partial charge in [0.15, 0.2) is 5.78 Å². The number of benzene rings is 2. The van der Waals surface area contributed by atoms with E-state index in [2.05, 4.69) is 41.1 Å². The van der Waals surface area contributed by atoms with Crippen LogP contribution in [-0.2, 0) is 0 Å². The summed E-state index contributed by atoms with van der Waals surface area (Å²) in [5.41, 5.74) is 2.15. The van der Waals surface area contributed by atoms with E-state index in [0.717, 1.165) is 44.5 Å². The predicted octanol–water partition coefficient (Wildman–Crippen LogP) is 3.48. The van der Waals surface area contributed by atoms with Crippen molar-refractivity contribution in [3.05, 3.63) is 70.1 Å². The standard InChI is InChI=1S/C25H26BrFN6O2/c26-18-2-3-20(21(27)16-18)24(34)7-10-31-8-5-19(6-9-31)32-11-13-33(14-12-32)25(35)17-1-4-22-23(15-17)29-30-28-22/h1-4,7,10,15-16,19H,5-6,8-9,11-14H2,(H,28,29,30)/b10-7+. The number of amides is 1. The van der Waals surface area contributed by atoms with Crippen molar-refractivity contribution < 1.29 is 14.0 Å². The van der Waals surface area contributed by atoms with Crippen molar-refractivity contribution in [2.24, 2.45) is 0 Å².